The van der Waals surface area contributed by atoms with Crippen molar-refractivity contribution >= 4 is 5.97 Å². The van der Waals surface area contributed by atoms with Gasteiger partial charge in [-0.2, -0.15) is 0 Å². The second-order valence-corrected chi connectivity index (χ2v) is 6.11. The topological polar surface area (TPSA) is 111 Å². The summed E-state index contributed by atoms with van der Waals surface area (Å²) in [5.74, 6) is -1.01. The summed E-state index contributed by atoms with van der Waals surface area (Å²) in [5, 5.41) is 18.5. The van der Waals surface area contributed by atoms with Gasteiger partial charge in [-0.1, -0.05) is 30.3 Å². The van der Waals surface area contributed by atoms with Gasteiger partial charge in [-0.05, 0) is 19.4 Å². The molecule has 4 N–H and O–H groups in total. The monoisotopic (exact) mass is 355 g/mol. The molecular formula is C18H29NO6. The first-order valence-corrected chi connectivity index (χ1v) is 8.40. The summed E-state index contributed by atoms with van der Waals surface area (Å²) in [6.45, 7) is 4.06. The SMILES string of the molecule is C[C@H](N)CO[C@@H](CO)CO[C@@H](C)CO[C@@H](Cc1ccccc1)C(=O)O. The first-order valence-electron chi connectivity index (χ1n) is 8.40. The Morgan fingerprint density at radius 3 is 2.32 bits per heavy atom. The summed E-state index contributed by atoms with van der Waals surface area (Å²) in [5.41, 5.74) is 6.50. The molecule has 0 saturated carbocycles. The van der Waals surface area contributed by atoms with Crippen LogP contribution in [-0.4, -0.2) is 67.0 Å². The lowest BCUT2D eigenvalue weighted by atomic mass is 10.1. The Kier molecular flexibility index (Phi) is 10.3. The van der Waals surface area contributed by atoms with Crippen molar-refractivity contribution in [2.45, 2.75) is 44.6 Å². The number of hydrogen-bond acceptors (Lipinski definition) is 6. The molecule has 142 valence electrons. The number of carboxylic acid groups (broad SMARTS) is 1. The molecule has 0 unspecified atom stereocenters. The highest BCUT2D eigenvalue weighted by molar-refractivity contribution is 5.72. The van der Waals surface area contributed by atoms with Crippen LogP contribution in [0.4, 0.5) is 0 Å². The van der Waals surface area contributed by atoms with E-state index < -0.39 is 18.2 Å². The second-order valence-electron chi connectivity index (χ2n) is 6.11. The standard InChI is InChI=1S/C18H29NO6/c1-13(19)10-24-16(9-20)12-23-14(2)11-25-17(18(21)22)8-15-6-4-3-5-7-15/h3-7,13-14,16-17,20H,8-12,19H2,1-2H3,(H,21,22)/t13-,14-,16-,17-/m0/s1. The zero-order chi connectivity index (χ0) is 18.7. The molecule has 0 radical (unpaired) electrons. The lowest BCUT2D eigenvalue weighted by Crippen LogP contribution is -2.34. The summed E-state index contributed by atoms with van der Waals surface area (Å²) in [6.07, 6.45) is -1.44. The Morgan fingerprint density at radius 2 is 1.76 bits per heavy atom. The van der Waals surface area contributed by atoms with E-state index in [4.69, 9.17) is 19.9 Å². The largest absolute Gasteiger partial charge is 0.479 e. The number of benzene rings is 1. The minimum atomic E-state index is -1.01. The van der Waals surface area contributed by atoms with Crippen molar-refractivity contribution in [3.63, 3.8) is 0 Å². The fourth-order valence-corrected chi connectivity index (χ4v) is 2.06. The van der Waals surface area contributed by atoms with Crippen LogP contribution in [0.1, 0.15) is 19.4 Å². The molecule has 0 spiro atoms. The van der Waals surface area contributed by atoms with E-state index in [1.54, 1.807) is 6.92 Å². The van der Waals surface area contributed by atoms with Crippen LogP contribution in [0.5, 0.6) is 0 Å². The molecular weight excluding hydrogens is 326 g/mol. The maximum atomic E-state index is 11.3. The smallest absolute Gasteiger partial charge is 0.333 e. The first kappa shape index (κ1) is 21.5. The third-order valence-electron chi connectivity index (χ3n) is 3.44. The van der Waals surface area contributed by atoms with Gasteiger partial charge in [0.2, 0.25) is 0 Å². The van der Waals surface area contributed by atoms with Crippen LogP contribution in [0.25, 0.3) is 0 Å². The molecule has 0 aliphatic heterocycles. The van der Waals surface area contributed by atoms with Gasteiger partial charge in [0.15, 0.2) is 6.10 Å². The highest BCUT2D eigenvalue weighted by atomic mass is 16.6. The van der Waals surface area contributed by atoms with E-state index in [2.05, 4.69) is 0 Å². The average Bonchev–Trinajstić information content (AvgIpc) is 2.59. The fraction of sp³-hybridized carbons (Fsp3) is 0.611. The Hall–Kier alpha value is -1.51. The summed E-state index contributed by atoms with van der Waals surface area (Å²) in [6, 6.07) is 9.20. The summed E-state index contributed by atoms with van der Waals surface area (Å²) in [7, 11) is 0. The Morgan fingerprint density at radius 1 is 1.08 bits per heavy atom. The summed E-state index contributed by atoms with van der Waals surface area (Å²) >= 11 is 0. The molecule has 1 aromatic carbocycles. The number of aliphatic hydroxyl groups excluding tert-OH is 1. The van der Waals surface area contributed by atoms with Gasteiger partial charge in [-0.15, -0.1) is 0 Å². The van der Waals surface area contributed by atoms with Crippen molar-refractivity contribution in [3.8, 4) is 0 Å². The summed E-state index contributed by atoms with van der Waals surface area (Å²) in [4.78, 5) is 11.3. The average molecular weight is 355 g/mol. The van der Waals surface area contributed by atoms with Gasteiger partial charge in [-0.3, -0.25) is 0 Å². The molecule has 0 amide bonds. The number of ether oxygens (including phenoxy) is 3. The third kappa shape index (κ3) is 9.52. The predicted octanol–water partition coefficient (Wildman–Crippen LogP) is 0.829. The van der Waals surface area contributed by atoms with E-state index >= 15 is 0 Å². The number of rotatable bonds is 13. The van der Waals surface area contributed by atoms with E-state index in [1.165, 1.54) is 0 Å². The Balaban J connectivity index is 2.36. The Labute approximate surface area is 148 Å². The van der Waals surface area contributed by atoms with E-state index in [0.717, 1.165) is 5.56 Å². The zero-order valence-electron chi connectivity index (χ0n) is 14.8. The van der Waals surface area contributed by atoms with Crippen molar-refractivity contribution in [1.29, 1.82) is 0 Å². The van der Waals surface area contributed by atoms with Gasteiger partial charge in [0, 0.05) is 12.5 Å². The van der Waals surface area contributed by atoms with E-state index in [-0.39, 0.29) is 32.0 Å². The van der Waals surface area contributed by atoms with Crippen molar-refractivity contribution in [1.82, 2.24) is 0 Å². The number of aliphatic carboxylic acids is 1. The van der Waals surface area contributed by atoms with Crippen LogP contribution in [0.2, 0.25) is 0 Å². The van der Waals surface area contributed by atoms with Crippen LogP contribution >= 0.6 is 0 Å². The molecule has 0 heterocycles. The Bertz CT molecular complexity index is 482. The van der Waals surface area contributed by atoms with Gasteiger partial charge in [-0.25, -0.2) is 4.79 Å². The van der Waals surface area contributed by atoms with Crippen molar-refractivity contribution in [2.75, 3.05) is 26.4 Å². The molecule has 1 aromatic rings. The number of aliphatic hydroxyl groups is 1. The quantitative estimate of drug-likeness (QED) is 0.480. The fourth-order valence-electron chi connectivity index (χ4n) is 2.06. The molecule has 0 bridgehead atoms. The highest BCUT2D eigenvalue weighted by Gasteiger charge is 2.20. The normalized spacial score (nSPS) is 16.2. The molecule has 4 atom stereocenters. The number of nitrogens with two attached hydrogens (primary N) is 1. The number of carboxylic acids is 1. The van der Waals surface area contributed by atoms with Crippen LogP contribution in [0.15, 0.2) is 30.3 Å². The molecule has 0 aliphatic rings. The van der Waals surface area contributed by atoms with Gasteiger partial charge in [0.25, 0.3) is 0 Å². The lowest BCUT2D eigenvalue weighted by Gasteiger charge is -2.21. The summed E-state index contributed by atoms with van der Waals surface area (Å²) < 4.78 is 16.5. The minimum Gasteiger partial charge on any atom is -0.479 e. The van der Waals surface area contributed by atoms with E-state index in [9.17, 15) is 15.0 Å². The molecule has 25 heavy (non-hydrogen) atoms. The third-order valence-corrected chi connectivity index (χ3v) is 3.44. The molecule has 1 rings (SSSR count). The first-order chi connectivity index (χ1) is 11.9. The minimum absolute atomic E-state index is 0.121. The molecule has 0 saturated heterocycles. The van der Waals surface area contributed by atoms with Crippen molar-refractivity contribution in [3.05, 3.63) is 35.9 Å². The van der Waals surface area contributed by atoms with Crippen molar-refractivity contribution in [2.24, 2.45) is 5.73 Å². The van der Waals surface area contributed by atoms with Gasteiger partial charge in [0.05, 0.1) is 32.5 Å². The van der Waals surface area contributed by atoms with Crippen LogP contribution in [-0.2, 0) is 25.4 Å². The van der Waals surface area contributed by atoms with Crippen molar-refractivity contribution < 1.29 is 29.2 Å². The maximum absolute atomic E-state index is 11.3. The molecule has 7 heteroatoms. The number of hydrogen-bond donors (Lipinski definition) is 3. The number of carbonyl (C=O) groups is 1. The molecule has 0 aliphatic carbocycles. The molecule has 0 aromatic heterocycles. The lowest BCUT2D eigenvalue weighted by molar-refractivity contribution is -0.153. The predicted molar refractivity (Wildman–Crippen MR) is 93.4 cm³/mol. The highest BCUT2D eigenvalue weighted by Crippen LogP contribution is 2.08. The molecule has 0 fully saturated rings. The maximum Gasteiger partial charge on any atom is 0.333 e. The van der Waals surface area contributed by atoms with Gasteiger partial charge in [0.1, 0.15) is 6.10 Å². The van der Waals surface area contributed by atoms with E-state index in [1.807, 2.05) is 37.3 Å². The van der Waals surface area contributed by atoms with Crippen LogP contribution in [0, 0.1) is 0 Å². The van der Waals surface area contributed by atoms with E-state index in [0.29, 0.717) is 13.0 Å². The zero-order valence-corrected chi connectivity index (χ0v) is 14.8. The second kappa shape index (κ2) is 11.9. The molecule has 7 nitrogen and oxygen atoms in total. The van der Waals surface area contributed by atoms with Crippen LogP contribution in [0.3, 0.4) is 0 Å². The van der Waals surface area contributed by atoms with Gasteiger partial charge >= 0.3 is 5.97 Å². The van der Waals surface area contributed by atoms with Gasteiger partial charge < -0.3 is 30.2 Å². The van der Waals surface area contributed by atoms with Crippen LogP contribution < -0.4 is 5.73 Å².